The molecule has 6 heteroatoms. The first-order valence-electron chi connectivity index (χ1n) is 7.37. The third kappa shape index (κ3) is 3.79. The molecule has 0 unspecified atom stereocenters. The molecule has 1 N–H and O–H groups in total. The Morgan fingerprint density at radius 1 is 1.26 bits per heavy atom. The summed E-state index contributed by atoms with van der Waals surface area (Å²) < 4.78 is 1.52. The topological polar surface area (TPSA) is 72.7 Å². The molecule has 0 bridgehead atoms. The standard InChI is InChI=1S/C17H17N5O/c1-13-3-2-4-14(9-13)5-7-20-17(23)15-6-8-19-16(10-15)22-12-18-11-21-22/h2-4,6,8-12H,5,7H2,1H3,(H,20,23). The van der Waals surface area contributed by atoms with Crippen LogP contribution in [0.2, 0.25) is 0 Å². The van der Waals surface area contributed by atoms with Crippen LogP contribution in [0.25, 0.3) is 5.82 Å². The van der Waals surface area contributed by atoms with Crippen LogP contribution >= 0.6 is 0 Å². The van der Waals surface area contributed by atoms with Crippen molar-refractivity contribution in [2.24, 2.45) is 0 Å². The molecule has 0 atom stereocenters. The zero-order chi connectivity index (χ0) is 16.1. The van der Waals surface area contributed by atoms with Gasteiger partial charge in [-0.05, 0) is 31.0 Å². The number of nitrogens with zero attached hydrogens (tertiary/aromatic N) is 4. The normalized spacial score (nSPS) is 10.5. The monoisotopic (exact) mass is 307 g/mol. The summed E-state index contributed by atoms with van der Waals surface area (Å²) in [5.41, 5.74) is 2.98. The molecule has 1 amide bonds. The van der Waals surface area contributed by atoms with E-state index < -0.39 is 0 Å². The molecule has 6 nitrogen and oxygen atoms in total. The predicted octanol–water partition coefficient (Wildman–Crippen LogP) is 1.94. The molecule has 0 fully saturated rings. The number of rotatable bonds is 5. The molecule has 0 aliphatic heterocycles. The molecule has 0 radical (unpaired) electrons. The van der Waals surface area contributed by atoms with E-state index >= 15 is 0 Å². The van der Waals surface area contributed by atoms with Crippen LogP contribution in [0.15, 0.2) is 55.2 Å². The second kappa shape index (κ2) is 6.83. The van der Waals surface area contributed by atoms with E-state index in [-0.39, 0.29) is 5.91 Å². The van der Waals surface area contributed by atoms with Gasteiger partial charge in [0.2, 0.25) is 0 Å². The third-order valence-corrected chi connectivity index (χ3v) is 3.44. The Morgan fingerprint density at radius 3 is 2.96 bits per heavy atom. The van der Waals surface area contributed by atoms with Crippen LogP contribution in [0.5, 0.6) is 0 Å². The van der Waals surface area contributed by atoms with Crippen molar-refractivity contribution in [1.29, 1.82) is 0 Å². The number of amides is 1. The van der Waals surface area contributed by atoms with Crippen molar-refractivity contribution in [3.8, 4) is 5.82 Å². The Bertz CT molecular complexity index is 798. The molecule has 3 rings (SSSR count). The lowest BCUT2D eigenvalue weighted by molar-refractivity contribution is 0.0954. The molecule has 23 heavy (non-hydrogen) atoms. The van der Waals surface area contributed by atoms with Gasteiger partial charge in [-0.15, -0.1) is 0 Å². The number of carbonyl (C=O) groups is 1. The zero-order valence-electron chi connectivity index (χ0n) is 12.8. The van der Waals surface area contributed by atoms with Crippen molar-refractivity contribution in [2.45, 2.75) is 13.3 Å². The Labute approximate surface area is 134 Å². The smallest absolute Gasteiger partial charge is 0.251 e. The van der Waals surface area contributed by atoms with E-state index in [1.807, 2.05) is 6.07 Å². The second-order valence-electron chi connectivity index (χ2n) is 5.24. The van der Waals surface area contributed by atoms with Gasteiger partial charge in [-0.1, -0.05) is 29.8 Å². The van der Waals surface area contributed by atoms with Crippen molar-refractivity contribution in [1.82, 2.24) is 25.1 Å². The molecule has 0 aliphatic rings. The van der Waals surface area contributed by atoms with Crippen molar-refractivity contribution in [2.75, 3.05) is 6.54 Å². The number of carbonyl (C=O) groups excluding carboxylic acids is 1. The summed E-state index contributed by atoms with van der Waals surface area (Å²) in [5, 5.41) is 6.94. The first kappa shape index (κ1) is 14.9. The first-order chi connectivity index (χ1) is 11.2. The van der Waals surface area contributed by atoms with Gasteiger partial charge in [-0.25, -0.2) is 14.6 Å². The molecular formula is C17H17N5O. The summed E-state index contributed by atoms with van der Waals surface area (Å²) in [6.45, 7) is 2.65. The summed E-state index contributed by atoms with van der Waals surface area (Å²) in [6, 6.07) is 11.7. The van der Waals surface area contributed by atoms with E-state index in [9.17, 15) is 4.79 Å². The lowest BCUT2D eigenvalue weighted by atomic mass is 10.1. The van der Waals surface area contributed by atoms with Gasteiger partial charge in [0.05, 0.1) is 0 Å². The van der Waals surface area contributed by atoms with Gasteiger partial charge < -0.3 is 5.32 Å². The molecular weight excluding hydrogens is 290 g/mol. The van der Waals surface area contributed by atoms with Crippen LogP contribution in [0.4, 0.5) is 0 Å². The highest BCUT2D eigenvalue weighted by Gasteiger charge is 2.08. The molecule has 0 spiro atoms. The number of aryl methyl sites for hydroxylation is 1. The molecule has 3 aromatic rings. The first-order valence-corrected chi connectivity index (χ1v) is 7.37. The van der Waals surface area contributed by atoms with Gasteiger partial charge >= 0.3 is 0 Å². The van der Waals surface area contributed by atoms with Crippen molar-refractivity contribution in [3.05, 3.63) is 71.9 Å². The van der Waals surface area contributed by atoms with Crippen LogP contribution < -0.4 is 5.32 Å². The van der Waals surface area contributed by atoms with Crippen LogP contribution in [0.1, 0.15) is 21.5 Å². The van der Waals surface area contributed by atoms with Crippen LogP contribution in [0, 0.1) is 6.92 Å². The minimum absolute atomic E-state index is 0.124. The molecule has 2 heterocycles. The average molecular weight is 307 g/mol. The average Bonchev–Trinajstić information content (AvgIpc) is 3.09. The summed E-state index contributed by atoms with van der Waals surface area (Å²) in [7, 11) is 0. The summed E-state index contributed by atoms with van der Waals surface area (Å²) in [6.07, 6.45) is 5.36. The van der Waals surface area contributed by atoms with Crippen molar-refractivity contribution >= 4 is 5.91 Å². The fourth-order valence-electron chi connectivity index (χ4n) is 2.30. The lowest BCUT2D eigenvalue weighted by Gasteiger charge is -2.07. The van der Waals surface area contributed by atoms with E-state index in [2.05, 4.69) is 45.5 Å². The summed E-state index contributed by atoms with van der Waals surface area (Å²) >= 11 is 0. The summed E-state index contributed by atoms with van der Waals surface area (Å²) in [4.78, 5) is 20.3. The van der Waals surface area contributed by atoms with Gasteiger partial charge in [-0.2, -0.15) is 5.10 Å². The molecule has 2 aromatic heterocycles. The Hall–Kier alpha value is -3.02. The Kier molecular flexibility index (Phi) is 4.42. The SMILES string of the molecule is Cc1cccc(CCNC(=O)c2ccnc(-n3cncn3)c2)c1. The van der Waals surface area contributed by atoms with Crippen LogP contribution in [-0.2, 0) is 6.42 Å². The zero-order valence-corrected chi connectivity index (χ0v) is 12.8. The maximum Gasteiger partial charge on any atom is 0.251 e. The van der Waals surface area contributed by atoms with Crippen molar-refractivity contribution < 1.29 is 4.79 Å². The van der Waals surface area contributed by atoms with Gasteiger partial charge in [0.25, 0.3) is 5.91 Å². The lowest BCUT2D eigenvalue weighted by Crippen LogP contribution is -2.25. The Balaban J connectivity index is 1.61. The van der Waals surface area contributed by atoms with Crippen LogP contribution in [-0.4, -0.2) is 32.2 Å². The van der Waals surface area contributed by atoms with Gasteiger partial charge in [0.15, 0.2) is 5.82 Å². The van der Waals surface area contributed by atoms with Gasteiger partial charge in [0.1, 0.15) is 12.7 Å². The van der Waals surface area contributed by atoms with Gasteiger partial charge in [-0.3, -0.25) is 4.79 Å². The van der Waals surface area contributed by atoms with Gasteiger partial charge in [0, 0.05) is 18.3 Å². The number of pyridine rings is 1. The third-order valence-electron chi connectivity index (χ3n) is 3.44. The highest BCUT2D eigenvalue weighted by Crippen LogP contribution is 2.06. The molecule has 1 aromatic carbocycles. The van der Waals surface area contributed by atoms with E-state index in [0.29, 0.717) is 17.9 Å². The minimum Gasteiger partial charge on any atom is -0.352 e. The number of hydrogen-bond acceptors (Lipinski definition) is 4. The predicted molar refractivity (Wildman–Crippen MR) is 86.4 cm³/mol. The number of nitrogens with one attached hydrogen (secondary N) is 1. The maximum atomic E-state index is 12.2. The molecule has 0 aliphatic carbocycles. The highest BCUT2D eigenvalue weighted by molar-refractivity contribution is 5.94. The molecule has 116 valence electrons. The number of hydrogen-bond donors (Lipinski definition) is 1. The van der Waals surface area contributed by atoms with E-state index in [0.717, 1.165) is 6.42 Å². The quantitative estimate of drug-likeness (QED) is 0.782. The number of benzene rings is 1. The fourth-order valence-corrected chi connectivity index (χ4v) is 2.30. The fraction of sp³-hybridized carbons (Fsp3) is 0.176. The van der Waals surface area contributed by atoms with Crippen molar-refractivity contribution in [3.63, 3.8) is 0 Å². The second-order valence-corrected chi connectivity index (χ2v) is 5.24. The van der Waals surface area contributed by atoms with E-state index in [4.69, 9.17) is 0 Å². The molecule has 0 saturated heterocycles. The van der Waals surface area contributed by atoms with E-state index in [1.165, 1.54) is 22.1 Å². The highest BCUT2D eigenvalue weighted by atomic mass is 16.1. The van der Waals surface area contributed by atoms with Crippen LogP contribution in [0.3, 0.4) is 0 Å². The Morgan fingerprint density at radius 2 is 2.17 bits per heavy atom. The summed E-state index contributed by atoms with van der Waals surface area (Å²) in [5.74, 6) is 0.440. The van der Waals surface area contributed by atoms with E-state index in [1.54, 1.807) is 24.7 Å². The number of aromatic nitrogens is 4. The largest absolute Gasteiger partial charge is 0.352 e. The minimum atomic E-state index is -0.124. The maximum absolute atomic E-state index is 12.2. The molecule has 0 saturated carbocycles.